The minimum Gasteiger partial charge on any atom is -0.392 e. The van der Waals surface area contributed by atoms with Gasteiger partial charge in [0, 0.05) is 13.7 Å². The predicted octanol–water partition coefficient (Wildman–Crippen LogP) is 0.158. The maximum absolute atomic E-state index is 11.4. The minimum absolute atomic E-state index is 0.0251. The molecule has 0 aromatic carbocycles. The van der Waals surface area contributed by atoms with Crippen LogP contribution in [0.2, 0.25) is 0 Å². The van der Waals surface area contributed by atoms with Crippen LogP contribution >= 0.6 is 12.2 Å². The zero-order chi connectivity index (χ0) is 10.3. The lowest BCUT2D eigenvalue weighted by Gasteiger charge is -2.19. The van der Waals surface area contributed by atoms with E-state index in [2.05, 4.69) is 0 Å². The Labute approximate surface area is 84.0 Å². The van der Waals surface area contributed by atoms with E-state index < -0.39 is 0 Å². The zero-order valence-corrected chi connectivity index (χ0v) is 8.89. The number of rotatable bonds is 6. The Morgan fingerprint density at radius 1 is 1.62 bits per heavy atom. The van der Waals surface area contributed by atoms with E-state index in [1.807, 2.05) is 6.92 Å². The van der Waals surface area contributed by atoms with Crippen molar-refractivity contribution < 1.29 is 9.53 Å². The van der Waals surface area contributed by atoms with E-state index in [-0.39, 0.29) is 5.91 Å². The molecule has 0 rings (SSSR count). The molecule has 0 heterocycles. The van der Waals surface area contributed by atoms with Gasteiger partial charge in [0.2, 0.25) is 5.91 Å². The summed E-state index contributed by atoms with van der Waals surface area (Å²) in [6, 6.07) is 0. The summed E-state index contributed by atoms with van der Waals surface area (Å²) in [5.74, 6) is 0.0251. The van der Waals surface area contributed by atoms with Crippen LogP contribution in [-0.2, 0) is 9.53 Å². The van der Waals surface area contributed by atoms with Crippen LogP contribution in [-0.4, -0.2) is 42.6 Å². The quantitative estimate of drug-likeness (QED) is 0.626. The van der Waals surface area contributed by atoms with Gasteiger partial charge in [-0.15, -0.1) is 0 Å². The van der Waals surface area contributed by atoms with Crippen LogP contribution in [0, 0.1) is 0 Å². The smallest absolute Gasteiger partial charge is 0.225 e. The van der Waals surface area contributed by atoms with Crippen molar-refractivity contribution in [3.8, 4) is 0 Å². The number of amides is 1. The Morgan fingerprint density at radius 2 is 2.23 bits per heavy atom. The number of nitrogens with two attached hydrogens (primary N) is 1. The van der Waals surface area contributed by atoms with E-state index >= 15 is 0 Å². The third-order valence-electron chi connectivity index (χ3n) is 1.60. The summed E-state index contributed by atoms with van der Waals surface area (Å²) < 4.78 is 4.80. The van der Waals surface area contributed by atoms with Crippen LogP contribution in [0.15, 0.2) is 0 Å². The van der Waals surface area contributed by atoms with Gasteiger partial charge in [0.05, 0.1) is 24.6 Å². The first kappa shape index (κ1) is 12.3. The minimum atomic E-state index is 0.0251. The van der Waals surface area contributed by atoms with Crippen LogP contribution in [0.25, 0.3) is 0 Å². The van der Waals surface area contributed by atoms with Crippen molar-refractivity contribution in [3.63, 3.8) is 0 Å². The fourth-order valence-corrected chi connectivity index (χ4v) is 1.07. The molecule has 0 aromatic rings. The van der Waals surface area contributed by atoms with Crippen molar-refractivity contribution in [1.29, 1.82) is 0 Å². The monoisotopic (exact) mass is 204 g/mol. The first-order chi connectivity index (χ1) is 6.11. The number of methoxy groups -OCH3 is 1. The second-order valence-electron chi connectivity index (χ2n) is 2.62. The summed E-state index contributed by atoms with van der Waals surface area (Å²) in [7, 11) is 1.57. The van der Waals surface area contributed by atoms with Gasteiger partial charge in [0.25, 0.3) is 0 Å². The average molecular weight is 204 g/mol. The van der Waals surface area contributed by atoms with Gasteiger partial charge in [-0.2, -0.15) is 0 Å². The van der Waals surface area contributed by atoms with E-state index in [0.29, 0.717) is 31.1 Å². The third kappa shape index (κ3) is 5.54. The van der Waals surface area contributed by atoms with Crippen molar-refractivity contribution in [3.05, 3.63) is 0 Å². The lowest BCUT2D eigenvalue weighted by atomic mass is 10.3. The molecule has 0 atom stereocenters. The van der Waals surface area contributed by atoms with Gasteiger partial charge < -0.3 is 15.4 Å². The van der Waals surface area contributed by atoms with Gasteiger partial charge in [0.15, 0.2) is 0 Å². The van der Waals surface area contributed by atoms with Gasteiger partial charge in [-0.3, -0.25) is 4.79 Å². The number of carbonyl (C=O) groups excluding carboxylic acids is 1. The number of carbonyl (C=O) groups is 1. The van der Waals surface area contributed by atoms with Crippen LogP contribution in [0.1, 0.15) is 13.3 Å². The largest absolute Gasteiger partial charge is 0.392 e. The van der Waals surface area contributed by atoms with Crippen LogP contribution in [0.4, 0.5) is 0 Å². The van der Waals surface area contributed by atoms with Crippen LogP contribution in [0.5, 0.6) is 0 Å². The molecule has 0 unspecified atom stereocenters. The molecule has 0 saturated heterocycles. The molecule has 76 valence electrons. The average Bonchev–Trinajstić information content (AvgIpc) is 2.09. The lowest BCUT2D eigenvalue weighted by Crippen LogP contribution is -2.37. The van der Waals surface area contributed by atoms with Crippen molar-refractivity contribution in [2.75, 3.05) is 26.8 Å². The molecule has 0 bridgehead atoms. The molecule has 13 heavy (non-hydrogen) atoms. The third-order valence-corrected chi connectivity index (χ3v) is 1.73. The lowest BCUT2D eigenvalue weighted by molar-refractivity contribution is -0.131. The molecule has 0 saturated carbocycles. The van der Waals surface area contributed by atoms with Crippen LogP contribution in [0.3, 0.4) is 0 Å². The summed E-state index contributed by atoms with van der Waals surface area (Å²) >= 11 is 4.72. The van der Waals surface area contributed by atoms with Crippen molar-refractivity contribution >= 4 is 23.1 Å². The highest BCUT2D eigenvalue weighted by atomic mass is 32.1. The second-order valence-corrected chi connectivity index (χ2v) is 3.14. The molecule has 0 aliphatic rings. The highest BCUT2D eigenvalue weighted by Crippen LogP contribution is 1.94. The van der Waals surface area contributed by atoms with Crippen molar-refractivity contribution in [1.82, 2.24) is 4.90 Å². The second kappa shape index (κ2) is 6.80. The molecular formula is C8H16N2O2S. The summed E-state index contributed by atoms with van der Waals surface area (Å²) in [6.45, 7) is 3.31. The molecule has 0 aromatic heterocycles. The Bertz CT molecular complexity index is 185. The van der Waals surface area contributed by atoms with Gasteiger partial charge in [0.1, 0.15) is 0 Å². The molecule has 2 N–H and O–H groups in total. The van der Waals surface area contributed by atoms with Crippen molar-refractivity contribution in [2.45, 2.75) is 13.3 Å². The van der Waals surface area contributed by atoms with Crippen LogP contribution < -0.4 is 5.73 Å². The van der Waals surface area contributed by atoms with Gasteiger partial charge in [-0.05, 0) is 6.92 Å². The SMILES string of the molecule is CCN(CC(N)=S)C(=O)CCOC. The Hall–Kier alpha value is -0.680. The number of hydrogen-bond donors (Lipinski definition) is 1. The number of hydrogen-bond acceptors (Lipinski definition) is 3. The van der Waals surface area contributed by atoms with E-state index in [9.17, 15) is 4.79 Å². The highest BCUT2D eigenvalue weighted by molar-refractivity contribution is 7.80. The summed E-state index contributed by atoms with van der Waals surface area (Å²) in [5.41, 5.74) is 5.34. The molecule has 1 amide bonds. The summed E-state index contributed by atoms with van der Waals surface area (Å²) in [4.78, 5) is 13.4. The molecule has 0 fully saturated rings. The number of nitrogens with zero attached hydrogens (tertiary/aromatic N) is 1. The van der Waals surface area contributed by atoms with E-state index in [1.54, 1.807) is 12.0 Å². The highest BCUT2D eigenvalue weighted by Gasteiger charge is 2.11. The zero-order valence-electron chi connectivity index (χ0n) is 8.08. The maximum Gasteiger partial charge on any atom is 0.225 e. The molecule has 0 radical (unpaired) electrons. The topological polar surface area (TPSA) is 55.6 Å². The van der Waals surface area contributed by atoms with E-state index in [4.69, 9.17) is 22.7 Å². The van der Waals surface area contributed by atoms with Gasteiger partial charge in [-0.25, -0.2) is 0 Å². The Balaban J connectivity index is 3.92. The van der Waals surface area contributed by atoms with Crippen molar-refractivity contribution in [2.24, 2.45) is 5.73 Å². The molecule has 0 spiro atoms. The number of thiocarbonyl (C=S) groups is 1. The maximum atomic E-state index is 11.4. The predicted molar refractivity (Wildman–Crippen MR) is 55.5 cm³/mol. The van der Waals surface area contributed by atoms with E-state index in [1.165, 1.54) is 0 Å². The summed E-state index contributed by atoms with van der Waals surface area (Å²) in [5, 5.41) is 0. The fourth-order valence-electron chi connectivity index (χ4n) is 0.912. The first-order valence-corrected chi connectivity index (χ1v) is 4.57. The first-order valence-electron chi connectivity index (χ1n) is 4.16. The normalized spacial score (nSPS) is 9.69. The standard InChI is InChI=1S/C8H16N2O2S/c1-3-10(6-7(9)13)8(11)4-5-12-2/h3-6H2,1-2H3,(H2,9,13). The Kier molecular flexibility index (Phi) is 6.44. The molecule has 0 aliphatic heterocycles. The molecule has 0 aliphatic carbocycles. The van der Waals surface area contributed by atoms with Gasteiger partial charge >= 0.3 is 0 Å². The fraction of sp³-hybridized carbons (Fsp3) is 0.750. The van der Waals surface area contributed by atoms with E-state index in [0.717, 1.165) is 0 Å². The molecule has 4 nitrogen and oxygen atoms in total. The Morgan fingerprint density at radius 3 is 2.62 bits per heavy atom. The van der Waals surface area contributed by atoms with Gasteiger partial charge in [-0.1, -0.05) is 12.2 Å². The number of likely N-dealkylation sites (N-methyl/N-ethyl adjacent to an activating group) is 1. The molecular weight excluding hydrogens is 188 g/mol. The molecule has 5 heteroatoms. The summed E-state index contributed by atoms with van der Waals surface area (Å²) in [6.07, 6.45) is 0.382. The number of ether oxygens (including phenoxy) is 1.